The van der Waals surface area contributed by atoms with Crippen LogP contribution < -0.4 is 21.5 Å². The Morgan fingerprint density at radius 2 is 1.44 bits per heavy atom. The number of hydrogen-bond donors (Lipinski definition) is 3. The Morgan fingerprint density at radius 3 is 2.06 bits per heavy atom. The van der Waals surface area contributed by atoms with Crippen LogP contribution in [-0.2, 0) is 6.18 Å². The number of carbonyl (C=O) groups is 1. The molecule has 3 aromatic rings. The minimum absolute atomic E-state index is 0.0192. The van der Waals surface area contributed by atoms with E-state index in [0.29, 0.717) is 13.1 Å². The van der Waals surface area contributed by atoms with Crippen molar-refractivity contribution in [1.82, 2.24) is 4.90 Å². The number of halogens is 3. The van der Waals surface area contributed by atoms with Crippen LogP contribution in [-0.4, -0.2) is 29.0 Å². The van der Waals surface area contributed by atoms with Gasteiger partial charge in [0.25, 0.3) is 16.8 Å². The van der Waals surface area contributed by atoms with Gasteiger partial charge >= 0.3 is 6.18 Å². The van der Waals surface area contributed by atoms with Crippen molar-refractivity contribution in [3.05, 3.63) is 74.0 Å². The highest BCUT2D eigenvalue weighted by Gasteiger charge is 2.34. The lowest BCUT2D eigenvalue weighted by atomic mass is 10.1. The van der Waals surface area contributed by atoms with Crippen LogP contribution in [0.25, 0.3) is 0 Å². The zero-order valence-electron chi connectivity index (χ0n) is 16.6. The van der Waals surface area contributed by atoms with Crippen LogP contribution >= 0.6 is 0 Å². The second kappa shape index (κ2) is 8.03. The van der Waals surface area contributed by atoms with Crippen molar-refractivity contribution in [3.63, 3.8) is 0 Å². The molecule has 0 aromatic heterocycles. The van der Waals surface area contributed by atoms with Gasteiger partial charge in [-0.15, -0.1) is 0 Å². The van der Waals surface area contributed by atoms with Gasteiger partial charge in [-0.3, -0.25) is 14.4 Å². The number of nitrogens with zero attached hydrogens (tertiary/aromatic N) is 1. The summed E-state index contributed by atoms with van der Waals surface area (Å²) in [5.74, 6) is -0.787. The van der Waals surface area contributed by atoms with E-state index in [-0.39, 0.29) is 28.5 Å². The van der Waals surface area contributed by atoms with Gasteiger partial charge in [-0.25, -0.2) is 0 Å². The second-order valence-electron chi connectivity index (χ2n) is 7.40. The number of alkyl halides is 3. The van der Waals surface area contributed by atoms with E-state index in [1.54, 1.807) is 4.90 Å². The van der Waals surface area contributed by atoms with Gasteiger partial charge in [0.1, 0.15) is 11.4 Å². The van der Waals surface area contributed by atoms with Gasteiger partial charge in [-0.2, -0.15) is 13.2 Å². The predicted molar refractivity (Wildman–Crippen MR) is 113 cm³/mol. The maximum absolute atomic E-state index is 13.2. The van der Waals surface area contributed by atoms with Gasteiger partial charge in [0.15, 0.2) is 5.75 Å². The number of para-hydroxylation sites is 2. The average Bonchev–Trinajstić information content (AvgIpc) is 3.31. The number of amides is 1. The molecule has 0 bridgehead atoms. The van der Waals surface area contributed by atoms with Crippen LogP contribution in [0.1, 0.15) is 28.8 Å². The number of aromatic hydroxyl groups is 1. The highest BCUT2D eigenvalue weighted by atomic mass is 19.4. The summed E-state index contributed by atoms with van der Waals surface area (Å²) in [4.78, 5) is 38.4. The first kappa shape index (κ1) is 21.4. The maximum atomic E-state index is 13.2. The third kappa shape index (κ3) is 3.79. The van der Waals surface area contributed by atoms with E-state index in [1.165, 1.54) is 30.3 Å². The van der Waals surface area contributed by atoms with Crippen LogP contribution in [0.2, 0.25) is 0 Å². The van der Waals surface area contributed by atoms with Gasteiger partial charge in [-0.05, 0) is 37.1 Å². The van der Waals surface area contributed by atoms with Crippen LogP contribution in [0.4, 0.5) is 35.9 Å². The van der Waals surface area contributed by atoms with E-state index in [2.05, 4.69) is 10.6 Å². The Hall–Kier alpha value is -3.82. The molecule has 166 valence electrons. The standard InChI is InChI=1S/C22H18F3N3O4/c23-22(24,25)13-7-1-2-8-14(13)26-16-17(20(31)19(16)30)27-15-9-5-6-12(18(15)29)21(32)28-10-3-4-11-28/h1-2,5-9,26-27,29H,3-4,10-11H2. The summed E-state index contributed by atoms with van der Waals surface area (Å²) in [5, 5.41) is 15.5. The summed E-state index contributed by atoms with van der Waals surface area (Å²) in [6.45, 7) is 1.14. The molecule has 3 aromatic carbocycles. The molecule has 0 radical (unpaired) electrons. The molecule has 0 aliphatic carbocycles. The van der Waals surface area contributed by atoms with Crippen molar-refractivity contribution < 1.29 is 23.1 Å². The third-order valence-corrected chi connectivity index (χ3v) is 5.32. The first-order chi connectivity index (χ1) is 15.2. The number of hydrogen-bond acceptors (Lipinski definition) is 6. The number of phenols is 1. The van der Waals surface area contributed by atoms with E-state index in [1.807, 2.05) is 0 Å². The van der Waals surface area contributed by atoms with Crippen LogP contribution in [0.5, 0.6) is 5.75 Å². The predicted octanol–water partition coefficient (Wildman–Crippen LogP) is 3.73. The first-order valence-corrected chi connectivity index (χ1v) is 9.83. The average molecular weight is 445 g/mol. The monoisotopic (exact) mass is 445 g/mol. The molecule has 0 saturated carbocycles. The largest absolute Gasteiger partial charge is 0.505 e. The molecule has 1 heterocycles. The quantitative estimate of drug-likeness (QED) is 0.409. The lowest BCUT2D eigenvalue weighted by Crippen LogP contribution is -2.36. The maximum Gasteiger partial charge on any atom is 0.418 e. The van der Waals surface area contributed by atoms with Gasteiger partial charge in [0.05, 0.1) is 22.5 Å². The molecule has 3 N–H and O–H groups in total. The number of benzene rings is 2. The van der Waals surface area contributed by atoms with Crippen molar-refractivity contribution >= 4 is 28.7 Å². The summed E-state index contributed by atoms with van der Waals surface area (Å²) in [7, 11) is 0. The number of nitrogens with one attached hydrogen (secondary N) is 2. The van der Waals surface area contributed by atoms with E-state index < -0.39 is 34.0 Å². The van der Waals surface area contributed by atoms with Crippen molar-refractivity contribution in [3.8, 4) is 5.75 Å². The summed E-state index contributed by atoms with van der Waals surface area (Å²) >= 11 is 0. The van der Waals surface area contributed by atoms with Crippen LogP contribution in [0.15, 0.2) is 52.1 Å². The van der Waals surface area contributed by atoms with Crippen molar-refractivity contribution in [1.29, 1.82) is 0 Å². The molecular formula is C22H18F3N3O4. The van der Waals surface area contributed by atoms with E-state index in [9.17, 15) is 32.7 Å². The van der Waals surface area contributed by atoms with Crippen molar-refractivity contribution in [2.75, 3.05) is 23.7 Å². The Bertz CT molecular complexity index is 1260. The summed E-state index contributed by atoms with van der Waals surface area (Å²) < 4.78 is 39.7. The number of carbonyl (C=O) groups excluding carboxylic acids is 1. The fourth-order valence-electron chi connectivity index (χ4n) is 3.65. The SMILES string of the molecule is O=C(c1cccc(Nc2c(Nc3ccccc3C(F)(F)F)c(=O)c2=O)c1O)N1CCCC1. The van der Waals surface area contributed by atoms with Crippen molar-refractivity contribution in [2.45, 2.75) is 19.0 Å². The minimum atomic E-state index is -4.67. The molecule has 1 fully saturated rings. The van der Waals surface area contributed by atoms with E-state index in [4.69, 9.17) is 0 Å². The molecule has 1 saturated heterocycles. The zero-order valence-corrected chi connectivity index (χ0v) is 16.6. The Labute approximate surface area is 179 Å². The molecule has 1 amide bonds. The second-order valence-corrected chi connectivity index (χ2v) is 7.40. The molecule has 4 rings (SSSR count). The number of likely N-dealkylation sites (tertiary alicyclic amines) is 1. The molecule has 0 unspecified atom stereocenters. The summed E-state index contributed by atoms with van der Waals surface area (Å²) in [6.07, 6.45) is -2.94. The number of anilines is 4. The molecular weight excluding hydrogens is 427 g/mol. The third-order valence-electron chi connectivity index (χ3n) is 5.32. The van der Waals surface area contributed by atoms with E-state index >= 15 is 0 Å². The fourth-order valence-corrected chi connectivity index (χ4v) is 3.65. The molecule has 0 spiro atoms. The van der Waals surface area contributed by atoms with Crippen molar-refractivity contribution in [2.24, 2.45) is 0 Å². The van der Waals surface area contributed by atoms with Gasteiger partial charge in [0, 0.05) is 13.1 Å². The highest BCUT2D eigenvalue weighted by molar-refractivity contribution is 5.99. The van der Waals surface area contributed by atoms with Gasteiger partial charge < -0.3 is 20.6 Å². The number of phenolic OH excluding ortho intramolecular Hbond substituents is 1. The first-order valence-electron chi connectivity index (χ1n) is 9.83. The normalized spacial score (nSPS) is 14.0. The lowest BCUT2D eigenvalue weighted by Gasteiger charge is -2.20. The Balaban J connectivity index is 1.64. The van der Waals surface area contributed by atoms with Crippen LogP contribution in [0, 0.1) is 0 Å². The fraction of sp³-hybridized carbons (Fsp3) is 0.227. The zero-order chi connectivity index (χ0) is 23.0. The topological polar surface area (TPSA) is 98.7 Å². The molecule has 0 atom stereocenters. The molecule has 32 heavy (non-hydrogen) atoms. The Morgan fingerprint density at radius 1 is 0.875 bits per heavy atom. The van der Waals surface area contributed by atoms with Gasteiger partial charge in [0.2, 0.25) is 0 Å². The summed E-state index contributed by atoms with van der Waals surface area (Å²) in [6, 6.07) is 8.85. The molecule has 1 aliphatic heterocycles. The Kier molecular flexibility index (Phi) is 5.37. The number of rotatable bonds is 5. The summed E-state index contributed by atoms with van der Waals surface area (Å²) in [5.41, 5.74) is -3.99. The van der Waals surface area contributed by atoms with Crippen LogP contribution in [0.3, 0.4) is 0 Å². The molecule has 7 nitrogen and oxygen atoms in total. The smallest absolute Gasteiger partial charge is 0.418 e. The van der Waals surface area contributed by atoms with Gasteiger partial charge in [-0.1, -0.05) is 18.2 Å². The molecule has 1 aliphatic rings. The highest BCUT2D eigenvalue weighted by Crippen LogP contribution is 2.37. The molecule has 10 heteroatoms. The minimum Gasteiger partial charge on any atom is -0.505 e. The lowest BCUT2D eigenvalue weighted by molar-refractivity contribution is -0.136. The van der Waals surface area contributed by atoms with E-state index in [0.717, 1.165) is 25.0 Å².